The molecule has 3 rings (SSSR count). The van der Waals surface area contributed by atoms with E-state index in [0.717, 1.165) is 16.5 Å². The minimum atomic E-state index is -0.293. The lowest BCUT2D eigenvalue weighted by molar-refractivity contribution is 0.334. The second-order valence-electron chi connectivity index (χ2n) is 5.05. The van der Waals surface area contributed by atoms with Gasteiger partial charge < -0.3 is 10.5 Å². The lowest BCUT2D eigenvalue weighted by atomic mass is 10.0. The molecule has 0 atom stereocenters. The summed E-state index contributed by atoms with van der Waals surface area (Å²) in [7, 11) is 0. The van der Waals surface area contributed by atoms with Crippen LogP contribution in [0.3, 0.4) is 0 Å². The van der Waals surface area contributed by atoms with E-state index in [2.05, 4.69) is 4.98 Å². The molecule has 120 valence electrons. The molecule has 0 unspecified atom stereocenters. The number of anilines is 1. The largest absolute Gasteiger partial charge is 0.493 e. The number of aromatic nitrogens is 1. The number of fused-ring (bicyclic) bond motifs is 1. The zero-order valence-corrected chi connectivity index (χ0v) is 13.6. The molecule has 0 saturated heterocycles. The average Bonchev–Trinajstić information content (AvgIpc) is 2.51. The molecule has 1 aromatic heterocycles. The van der Waals surface area contributed by atoms with Crippen molar-refractivity contribution in [2.75, 3.05) is 12.3 Å². The predicted octanol–water partition coefficient (Wildman–Crippen LogP) is 4.37. The summed E-state index contributed by atoms with van der Waals surface area (Å²) in [5, 5.41) is 0.987. The molecule has 0 aliphatic rings. The summed E-state index contributed by atoms with van der Waals surface area (Å²) in [6.07, 6.45) is 0.353. The summed E-state index contributed by atoms with van der Waals surface area (Å²) in [6.45, 7) is 2.36. The van der Waals surface area contributed by atoms with Crippen molar-refractivity contribution < 1.29 is 9.13 Å². The van der Waals surface area contributed by atoms with Gasteiger partial charge in [0.1, 0.15) is 17.4 Å². The topological polar surface area (TPSA) is 48.1 Å². The van der Waals surface area contributed by atoms with E-state index in [0.29, 0.717) is 30.2 Å². The maximum absolute atomic E-state index is 14.2. The SMILES string of the molecule is CCOc1cccc(F)c1Cc1cc2ccccc2nc1N.Cl. The third-order valence-electron chi connectivity index (χ3n) is 3.58. The fourth-order valence-corrected chi connectivity index (χ4v) is 2.51. The lowest BCUT2D eigenvalue weighted by Gasteiger charge is -2.12. The van der Waals surface area contributed by atoms with Crippen molar-refractivity contribution in [2.45, 2.75) is 13.3 Å². The van der Waals surface area contributed by atoms with Crippen LogP contribution in [0.2, 0.25) is 0 Å². The molecular formula is C18H18ClFN2O. The minimum Gasteiger partial charge on any atom is -0.493 e. The molecule has 0 saturated carbocycles. The van der Waals surface area contributed by atoms with Gasteiger partial charge in [0.05, 0.1) is 12.1 Å². The molecule has 23 heavy (non-hydrogen) atoms. The van der Waals surface area contributed by atoms with Gasteiger partial charge >= 0.3 is 0 Å². The Hall–Kier alpha value is -2.33. The van der Waals surface area contributed by atoms with E-state index in [1.807, 2.05) is 37.3 Å². The van der Waals surface area contributed by atoms with Crippen molar-refractivity contribution in [1.82, 2.24) is 4.98 Å². The van der Waals surface area contributed by atoms with Gasteiger partial charge in [0.25, 0.3) is 0 Å². The van der Waals surface area contributed by atoms with Gasteiger partial charge in [0.2, 0.25) is 0 Å². The number of nitrogens with zero attached hydrogens (tertiary/aromatic N) is 1. The highest BCUT2D eigenvalue weighted by molar-refractivity contribution is 5.85. The van der Waals surface area contributed by atoms with Crippen molar-refractivity contribution in [3.8, 4) is 5.75 Å². The normalized spacial score (nSPS) is 10.3. The monoisotopic (exact) mass is 332 g/mol. The number of rotatable bonds is 4. The standard InChI is InChI=1S/C18H17FN2O.ClH/c1-2-22-17-9-5-7-15(19)14(17)11-13-10-12-6-3-4-8-16(12)21-18(13)20;/h3-10H,2,11H2,1H3,(H2,20,21);1H. The minimum absolute atomic E-state index is 0. The van der Waals surface area contributed by atoms with Crippen molar-refractivity contribution >= 4 is 29.1 Å². The van der Waals surface area contributed by atoms with Gasteiger partial charge in [-0.05, 0) is 36.8 Å². The van der Waals surface area contributed by atoms with E-state index in [9.17, 15) is 4.39 Å². The Labute approximate surface area is 140 Å². The number of pyridine rings is 1. The van der Waals surface area contributed by atoms with Crippen LogP contribution in [0, 0.1) is 5.82 Å². The third kappa shape index (κ3) is 3.54. The molecule has 5 heteroatoms. The Balaban J connectivity index is 0.00000192. The molecule has 0 aliphatic heterocycles. The van der Waals surface area contributed by atoms with E-state index >= 15 is 0 Å². The summed E-state index contributed by atoms with van der Waals surface area (Å²) in [4.78, 5) is 4.39. The van der Waals surface area contributed by atoms with E-state index in [1.54, 1.807) is 12.1 Å². The highest BCUT2D eigenvalue weighted by Crippen LogP contribution is 2.27. The van der Waals surface area contributed by atoms with Gasteiger partial charge in [-0.15, -0.1) is 12.4 Å². The zero-order valence-electron chi connectivity index (χ0n) is 12.8. The Morgan fingerprint density at radius 1 is 1.13 bits per heavy atom. The maximum Gasteiger partial charge on any atom is 0.130 e. The van der Waals surface area contributed by atoms with E-state index in [-0.39, 0.29) is 18.2 Å². The van der Waals surface area contributed by atoms with Crippen molar-refractivity contribution in [2.24, 2.45) is 0 Å². The number of nitrogen functional groups attached to an aromatic ring is 1. The first-order chi connectivity index (χ1) is 10.7. The molecule has 0 radical (unpaired) electrons. The molecule has 2 aromatic carbocycles. The van der Waals surface area contributed by atoms with Crippen LogP contribution in [0.4, 0.5) is 10.2 Å². The molecule has 2 N–H and O–H groups in total. The molecule has 0 spiro atoms. The number of hydrogen-bond donors (Lipinski definition) is 1. The number of ether oxygens (including phenoxy) is 1. The third-order valence-corrected chi connectivity index (χ3v) is 3.58. The molecule has 0 fully saturated rings. The first kappa shape index (κ1) is 17.0. The second kappa shape index (κ2) is 7.29. The number of nitrogens with two attached hydrogens (primary N) is 1. The van der Waals surface area contributed by atoms with Gasteiger partial charge in [0, 0.05) is 17.4 Å². The van der Waals surface area contributed by atoms with Gasteiger partial charge in [-0.1, -0.05) is 24.3 Å². The van der Waals surface area contributed by atoms with Crippen LogP contribution in [0.1, 0.15) is 18.1 Å². The van der Waals surface area contributed by atoms with Gasteiger partial charge in [-0.2, -0.15) is 0 Å². The molecular weight excluding hydrogens is 315 g/mol. The summed E-state index contributed by atoms with van der Waals surface area (Å²) in [5.41, 5.74) is 8.17. The smallest absolute Gasteiger partial charge is 0.130 e. The number of hydrogen-bond acceptors (Lipinski definition) is 3. The summed E-state index contributed by atoms with van der Waals surface area (Å²) < 4.78 is 19.7. The highest BCUT2D eigenvalue weighted by Gasteiger charge is 2.13. The Morgan fingerprint density at radius 2 is 1.91 bits per heavy atom. The number of halogens is 2. The van der Waals surface area contributed by atoms with Crippen molar-refractivity contribution in [3.05, 3.63) is 65.5 Å². The van der Waals surface area contributed by atoms with Crippen LogP contribution in [-0.4, -0.2) is 11.6 Å². The van der Waals surface area contributed by atoms with E-state index < -0.39 is 0 Å². The maximum atomic E-state index is 14.2. The Morgan fingerprint density at radius 3 is 2.70 bits per heavy atom. The van der Waals surface area contributed by atoms with Crippen LogP contribution in [0.15, 0.2) is 48.5 Å². The first-order valence-corrected chi connectivity index (χ1v) is 7.23. The lowest BCUT2D eigenvalue weighted by Crippen LogP contribution is -2.04. The van der Waals surface area contributed by atoms with E-state index in [1.165, 1.54) is 6.07 Å². The van der Waals surface area contributed by atoms with Crippen molar-refractivity contribution in [1.29, 1.82) is 0 Å². The van der Waals surface area contributed by atoms with Gasteiger partial charge in [0.15, 0.2) is 0 Å². The van der Waals surface area contributed by atoms with Crippen LogP contribution in [0.25, 0.3) is 10.9 Å². The second-order valence-corrected chi connectivity index (χ2v) is 5.05. The van der Waals surface area contributed by atoms with Crippen LogP contribution >= 0.6 is 12.4 Å². The number of para-hydroxylation sites is 1. The predicted molar refractivity (Wildman–Crippen MR) is 93.8 cm³/mol. The number of benzene rings is 2. The van der Waals surface area contributed by atoms with E-state index in [4.69, 9.17) is 10.5 Å². The quantitative estimate of drug-likeness (QED) is 0.772. The summed E-state index contributed by atoms with van der Waals surface area (Å²) >= 11 is 0. The molecule has 3 nitrogen and oxygen atoms in total. The Bertz CT molecular complexity index is 823. The van der Waals surface area contributed by atoms with Crippen LogP contribution < -0.4 is 10.5 Å². The fourth-order valence-electron chi connectivity index (χ4n) is 2.51. The highest BCUT2D eigenvalue weighted by atomic mass is 35.5. The first-order valence-electron chi connectivity index (χ1n) is 7.23. The van der Waals surface area contributed by atoms with Gasteiger partial charge in [-0.3, -0.25) is 0 Å². The molecule has 1 heterocycles. The van der Waals surface area contributed by atoms with Crippen LogP contribution in [0.5, 0.6) is 5.75 Å². The average molecular weight is 333 g/mol. The Kier molecular flexibility index (Phi) is 5.40. The molecule has 3 aromatic rings. The zero-order chi connectivity index (χ0) is 15.5. The summed E-state index contributed by atoms with van der Waals surface area (Å²) in [5.74, 6) is 0.679. The van der Waals surface area contributed by atoms with Crippen LogP contribution in [-0.2, 0) is 6.42 Å². The molecule has 0 amide bonds. The summed E-state index contributed by atoms with van der Waals surface area (Å²) in [6, 6.07) is 14.5. The van der Waals surface area contributed by atoms with Gasteiger partial charge in [-0.25, -0.2) is 9.37 Å². The molecule has 0 aliphatic carbocycles. The fraction of sp³-hybridized carbons (Fsp3) is 0.167. The van der Waals surface area contributed by atoms with Crippen molar-refractivity contribution in [3.63, 3.8) is 0 Å². The molecule has 0 bridgehead atoms.